The summed E-state index contributed by atoms with van der Waals surface area (Å²) in [5.41, 5.74) is 2.23. The zero-order chi connectivity index (χ0) is 19.5. The number of benzene rings is 2. The van der Waals surface area contributed by atoms with E-state index in [-0.39, 0.29) is 12.5 Å². The summed E-state index contributed by atoms with van der Waals surface area (Å²) in [4.78, 5) is 13.7. The van der Waals surface area contributed by atoms with Crippen LogP contribution in [-0.2, 0) is 11.3 Å². The number of anilines is 1. The fourth-order valence-corrected chi connectivity index (χ4v) is 2.86. The predicted octanol–water partition coefficient (Wildman–Crippen LogP) is 4.20. The molecule has 0 saturated heterocycles. The average Bonchev–Trinajstić information content (AvgIpc) is 3.32. The number of aryl methyl sites for hydroxylation is 1. The number of amides is 1. The van der Waals surface area contributed by atoms with Crippen LogP contribution in [0.3, 0.4) is 0 Å². The van der Waals surface area contributed by atoms with Gasteiger partial charge in [-0.2, -0.15) is 4.80 Å². The number of carbonyl (C=O) groups is 1. The Morgan fingerprint density at radius 2 is 1.89 bits per heavy atom. The Labute approximate surface area is 165 Å². The van der Waals surface area contributed by atoms with Gasteiger partial charge in [-0.05, 0) is 60.7 Å². The number of hydrogen-bond donors (Lipinski definition) is 1. The number of rotatable bonds is 5. The van der Waals surface area contributed by atoms with Crippen LogP contribution in [0.25, 0.3) is 22.7 Å². The molecule has 28 heavy (non-hydrogen) atoms. The summed E-state index contributed by atoms with van der Waals surface area (Å²) in [6.07, 6.45) is 0. The number of carbonyl (C=O) groups excluding carboxylic acids is 1. The Kier molecular flexibility index (Phi) is 4.90. The van der Waals surface area contributed by atoms with Gasteiger partial charge >= 0.3 is 0 Å². The van der Waals surface area contributed by atoms with Gasteiger partial charge in [-0.25, -0.2) is 0 Å². The molecule has 8 heteroatoms. The summed E-state index contributed by atoms with van der Waals surface area (Å²) < 4.78 is 5.67. The van der Waals surface area contributed by atoms with Crippen molar-refractivity contribution in [1.29, 1.82) is 0 Å². The van der Waals surface area contributed by atoms with Crippen LogP contribution in [0.1, 0.15) is 5.76 Å². The molecule has 0 saturated carbocycles. The number of furan rings is 1. The number of hydrogen-bond acceptors (Lipinski definition) is 5. The van der Waals surface area contributed by atoms with Crippen molar-refractivity contribution in [2.75, 3.05) is 5.32 Å². The number of tetrazole rings is 1. The highest BCUT2D eigenvalue weighted by Crippen LogP contribution is 2.29. The Morgan fingerprint density at radius 1 is 1.11 bits per heavy atom. The fourth-order valence-electron chi connectivity index (χ4n) is 2.73. The molecule has 2 heterocycles. The Balaban J connectivity index is 1.48. The topological polar surface area (TPSA) is 85.8 Å². The second-order valence-electron chi connectivity index (χ2n) is 6.15. The van der Waals surface area contributed by atoms with Crippen molar-refractivity contribution in [3.63, 3.8) is 0 Å². The molecular formula is C20H16ClN5O2. The van der Waals surface area contributed by atoms with Gasteiger partial charge in [0.1, 0.15) is 18.1 Å². The monoisotopic (exact) mass is 393 g/mol. The zero-order valence-electron chi connectivity index (χ0n) is 15.0. The lowest BCUT2D eigenvalue weighted by Gasteiger charge is -2.09. The first-order chi connectivity index (χ1) is 13.6. The van der Waals surface area contributed by atoms with Crippen LogP contribution in [0.2, 0.25) is 5.02 Å². The molecule has 1 amide bonds. The molecule has 0 radical (unpaired) electrons. The molecule has 0 aliphatic heterocycles. The third-order valence-electron chi connectivity index (χ3n) is 4.05. The van der Waals surface area contributed by atoms with Crippen molar-refractivity contribution < 1.29 is 9.21 Å². The highest BCUT2D eigenvalue weighted by molar-refractivity contribution is 6.30. The lowest BCUT2D eigenvalue weighted by molar-refractivity contribution is -0.117. The van der Waals surface area contributed by atoms with E-state index in [1.807, 2.05) is 43.3 Å². The number of halogens is 1. The van der Waals surface area contributed by atoms with Crippen LogP contribution >= 0.6 is 11.6 Å². The minimum Gasteiger partial charge on any atom is -0.461 e. The first-order valence-electron chi connectivity index (χ1n) is 8.58. The molecule has 2 aromatic heterocycles. The molecule has 2 aromatic carbocycles. The molecule has 7 nitrogen and oxygen atoms in total. The van der Waals surface area contributed by atoms with E-state index in [1.165, 1.54) is 4.80 Å². The van der Waals surface area contributed by atoms with E-state index in [0.717, 1.165) is 16.9 Å². The van der Waals surface area contributed by atoms with Crippen molar-refractivity contribution >= 4 is 23.2 Å². The third kappa shape index (κ3) is 3.94. The summed E-state index contributed by atoms with van der Waals surface area (Å²) in [5.74, 6) is 1.65. The molecule has 140 valence electrons. The largest absolute Gasteiger partial charge is 0.461 e. The molecule has 4 aromatic rings. The van der Waals surface area contributed by atoms with E-state index in [2.05, 4.69) is 20.7 Å². The predicted molar refractivity (Wildman–Crippen MR) is 106 cm³/mol. The highest BCUT2D eigenvalue weighted by Gasteiger charge is 2.13. The van der Waals surface area contributed by atoms with Gasteiger partial charge in [0, 0.05) is 16.1 Å². The summed E-state index contributed by atoms with van der Waals surface area (Å²) in [6.45, 7) is 1.81. The van der Waals surface area contributed by atoms with Crippen molar-refractivity contribution in [3.05, 3.63) is 71.4 Å². The van der Waals surface area contributed by atoms with Gasteiger partial charge in [-0.1, -0.05) is 23.7 Å². The third-order valence-corrected chi connectivity index (χ3v) is 4.30. The van der Waals surface area contributed by atoms with E-state index >= 15 is 0 Å². The first-order valence-corrected chi connectivity index (χ1v) is 8.96. The van der Waals surface area contributed by atoms with Crippen LogP contribution in [0.5, 0.6) is 0 Å². The number of aromatic nitrogens is 4. The van der Waals surface area contributed by atoms with Gasteiger partial charge in [0.2, 0.25) is 11.7 Å². The molecule has 1 N–H and O–H groups in total. The summed E-state index contributed by atoms with van der Waals surface area (Å²) in [5, 5.41) is 15.7. The molecule has 0 atom stereocenters. The standard InChI is InChI=1S/C20H16ClN5O2/c1-13-6-11-18(28-13)16-4-2-3-5-17(16)22-19(27)12-26-24-20(23-25-26)14-7-9-15(21)10-8-14/h2-11H,12H2,1H3,(H,22,27). The van der Waals surface area contributed by atoms with E-state index in [4.69, 9.17) is 16.0 Å². The van der Waals surface area contributed by atoms with Crippen LogP contribution in [0, 0.1) is 6.92 Å². The summed E-state index contributed by atoms with van der Waals surface area (Å²) in [7, 11) is 0. The molecule has 0 bridgehead atoms. The van der Waals surface area contributed by atoms with Gasteiger partial charge in [0.15, 0.2) is 0 Å². The molecule has 0 unspecified atom stereocenters. The van der Waals surface area contributed by atoms with Crippen LogP contribution in [-0.4, -0.2) is 26.1 Å². The van der Waals surface area contributed by atoms with Crippen LogP contribution in [0.15, 0.2) is 65.1 Å². The minimum absolute atomic E-state index is 0.0634. The van der Waals surface area contributed by atoms with E-state index in [1.54, 1.807) is 24.3 Å². The fraction of sp³-hybridized carbons (Fsp3) is 0.100. The SMILES string of the molecule is Cc1ccc(-c2ccccc2NC(=O)Cn2nnc(-c3ccc(Cl)cc3)n2)o1. The maximum atomic E-state index is 12.5. The number of para-hydroxylation sites is 1. The smallest absolute Gasteiger partial charge is 0.248 e. The molecule has 4 rings (SSSR count). The maximum absolute atomic E-state index is 12.5. The highest BCUT2D eigenvalue weighted by atomic mass is 35.5. The number of nitrogens with one attached hydrogen (secondary N) is 1. The van der Waals surface area contributed by atoms with Gasteiger partial charge in [-0.15, -0.1) is 10.2 Å². The quantitative estimate of drug-likeness (QED) is 0.549. The minimum atomic E-state index is -0.268. The van der Waals surface area contributed by atoms with Crippen LogP contribution in [0.4, 0.5) is 5.69 Å². The Hall–Kier alpha value is -3.45. The molecule has 0 fully saturated rings. The van der Waals surface area contributed by atoms with Crippen LogP contribution < -0.4 is 5.32 Å². The maximum Gasteiger partial charge on any atom is 0.248 e. The van der Waals surface area contributed by atoms with Crippen molar-refractivity contribution in [1.82, 2.24) is 20.2 Å². The number of nitrogens with zero attached hydrogens (tertiary/aromatic N) is 4. The molecule has 0 spiro atoms. The van der Waals surface area contributed by atoms with Crippen molar-refractivity contribution in [2.45, 2.75) is 13.5 Å². The van der Waals surface area contributed by atoms with E-state index in [0.29, 0.717) is 22.3 Å². The second-order valence-corrected chi connectivity index (χ2v) is 6.59. The first kappa shape index (κ1) is 17.9. The Morgan fingerprint density at radius 3 is 2.64 bits per heavy atom. The van der Waals surface area contributed by atoms with Gasteiger partial charge in [0.25, 0.3) is 0 Å². The molecule has 0 aliphatic rings. The van der Waals surface area contributed by atoms with Gasteiger partial charge in [-0.3, -0.25) is 4.79 Å². The lowest BCUT2D eigenvalue weighted by Crippen LogP contribution is -2.20. The van der Waals surface area contributed by atoms with E-state index in [9.17, 15) is 4.79 Å². The molecular weight excluding hydrogens is 378 g/mol. The van der Waals surface area contributed by atoms with E-state index < -0.39 is 0 Å². The normalized spacial score (nSPS) is 10.8. The van der Waals surface area contributed by atoms with Gasteiger partial charge in [0.05, 0.1) is 5.69 Å². The summed E-state index contributed by atoms with van der Waals surface area (Å²) >= 11 is 5.89. The lowest BCUT2D eigenvalue weighted by atomic mass is 10.1. The second kappa shape index (κ2) is 7.66. The van der Waals surface area contributed by atoms with Crippen molar-refractivity contribution in [3.8, 4) is 22.7 Å². The molecule has 0 aliphatic carbocycles. The zero-order valence-corrected chi connectivity index (χ0v) is 15.7. The Bertz CT molecular complexity index is 1120. The summed E-state index contributed by atoms with van der Waals surface area (Å²) in [6, 6.07) is 18.3. The van der Waals surface area contributed by atoms with Gasteiger partial charge < -0.3 is 9.73 Å². The average molecular weight is 394 g/mol. The van der Waals surface area contributed by atoms with Crippen molar-refractivity contribution in [2.24, 2.45) is 0 Å².